The van der Waals surface area contributed by atoms with Crippen molar-refractivity contribution < 1.29 is 75.3 Å². The summed E-state index contributed by atoms with van der Waals surface area (Å²) in [7, 11) is -1.19. The van der Waals surface area contributed by atoms with Crippen LogP contribution in [0.25, 0.3) is 0 Å². The van der Waals surface area contributed by atoms with Gasteiger partial charge in [-0.3, -0.25) is 9.59 Å². The first kappa shape index (κ1) is 67.8. The number of hydrogen-bond acceptors (Lipinski definition) is 16. The molecule has 8 aliphatic heterocycles. The van der Waals surface area contributed by atoms with E-state index in [-0.39, 0.29) is 102 Å². The molecule has 9 bridgehead atoms. The summed E-state index contributed by atoms with van der Waals surface area (Å²) in [6.45, 7) is 35.4. The Balaban J connectivity index is 1.15. The highest BCUT2D eigenvalue weighted by molar-refractivity contribution is 6.74. The van der Waals surface area contributed by atoms with Crippen molar-refractivity contribution in [3.8, 4) is 0 Å². The van der Waals surface area contributed by atoms with E-state index in [9.17, 15) is 9.59 Å². The maximum Gasteiger partial charge on any atom is 0.308 e. The van der Waals surface area contributed by atoms with Crippen molar-refractivity contribution in [1.82, 2.24) is 0 Å². The van der Waals surface area contributed by atoms with Crippen LogP contribution in [0.1, 0.15) is 199 Å². The summed E-state index contributed by atoms with van der Waals surface area (Å²) in [6.07, 6.45) is 10.9. The summed E-state index contributed by atoms with van der Waals surface area (Å²) in [5.41, 5.74) is 0. The van der Waals surface area contributed by atoms with Gasteiger partial charge in [0.05, 0.1) is 54.5 Å². The van der Waals surface area contributed by atoms with Gasteiger partial charge in [-0.05, 0) is 139 Å². The van der Waals surface area contributed by atoms with Gasteiger partial charge in [0.1, 0.15) is 31.0 Å². The standard InChI is InChI=1S/C64H111ClO16Si2/c1-40-27-30-62-32-29-50(68-13)57(78-62)58-56(76-61(11,12)77-58)41(2)25-26-49-55(65)53(69-14)38-63(73-49)31-28-42(3)64(81-63)39-52(48(75-64)24-19-20-33-70-43(4)66)72-54(67)37-45-23-21-22-44(71-45)34-46(79-82(15,16)59(5,6)7)35-47(36-51(40)74-62)80-83(17,18)60(8,9)10/h19-20,40-42,44-53,55-58H,21-39H2,1-18H3/b20-19+/t40-,41-,42-,44-,45+,46+,47-,48-,49+,50-,51+,52-,53+,55+,56-,57-,58-,62-,63+,64+/m0/s1. The number of carbonyl (C=O) groups is 2. The summed E-state index contributed by atoms with van der Waals surface area (Å²) >= 11 is 7.39. The van der Waals surface area contributed by atoms with Crippen LogP contribution in [0.3, 0.4) is 0 Å². The summed E-state index contributed by atoms with van der Waals surface area (Å²) in [5, 5.41) is -0.529. The van der Waals surface area contributed by atoms with E-state index in [1.54, 1.807) is 20.3 Å². The number of halogens is 1. The second kappa shape index (κ2) is 26.8. The third-order valence-corrected chi connectivity index (χ3v) is 30.7. The number of methoxy groups -OCH3 is 2. The molecule has 0 N–H and O–H groups in total. The molecule has 3 spiro atoms. The molecule has 8 rings (SSSR count). The smallest absolute Gasteiger partial charge is 0.308 e. The van der Waals surface area contributed by atoms with Crippen molar-refractivity contribution in [3.05, 3.63) is 12.2 Å². The fourth-order valence-electron chi connectivity index (χ4n) is 14.1. The Hall–Kier alpha value is -1.08. The van der Waals surface area contributed by atoms with Crippen LogP contribution in [0.2, 0.25) is 36.3 Å². The first-order valence-electron chi connectivity index (χ1n) is 32.1. The second-order valence-corrected chi connectivity index (χ2v) is 40.1. The topological polar surface area (TPSA) is 163 Å². The molecule has 16 nitrogen and oxygen atoms in total. The highest BCUT2D eigenvalue weighted by atomic mass is 35.5. The molecule has 8 saturated heterocycles. The largest absolute Gasteiger partial charge is 0.462 e. The van der Waals surface area contributed by atoms with Gasteiger partial charge in [0.2, 0.25) is 0 Å². The molecule has 8 heterocycles. The number of rotatable bonds is 10. The van der Waals surface area contributed by atoms with Crippen LogP contribution >= 0.6 is 11.6 Å². The minimum absolute atomic E-state index is 0.0134. The Morgan fingerprint density at radius 1 is 0.663 bits per heavy atom. The van der Waals surface area contributed by atoms with Gasteiger partial charge in [-0.15, -0.1) is 11.6 Å². The highest BCUT2D eigenvalue weighted by Gasteiger charge is 2.62. The van der Waals surface area contributed by atoms with Crippen LogP contribution in [0.4, 0.5) is 0 Å². The average molecular weight is 1230 g/mol. The number of alkyl halides is 1. The third-order valence-electron chi connectivity index (χ3n) is 21.1. The molecule has 0 aromatic carbocycles. The van der Waals surface area contributed by atoms with Crippen molar-refractivity contribution >= 4 is 40.2 Å². The van der Waals surface area contributed by atoms with Gasteiger partial charge in [-0.25, -0.2) is 0 Å². The van der Waals surface area contributed by atoms with Crippen molar-refractivity contribution in [2.75, 3.05) is 20.8 Å². The molecule has 20 atom stereocenters. The average Bonchev–Trinajstić information content (AvgIpc) is 2.17. The first-order valence-corrected chi connectivity index (χ1v) is 38.4. The highest BCUT2D eigenvalue weighted by Crippen LogP contribution is 2.54. The van der Waals surface area contributed by atoms with Gasteiger partial charge in [-0.2, -0.15) is 0 Å². The van der Waals surface area contributed by atoms with Gasteiger partial charge in [0, 0.05) is 71.4 Å². The van der Waals surface area contributed by atoms with Crippen molar-refractivity contribution in [3.63, 3.8) is 0 Å². The fourth-order valence-corrected chi connectivity index (χ4v) is 17.2. The van der Waals surface area contributed by atoms with Crippen LogP contribution in [-0.2, 0) is 75.3 Å². The number of carbonyl (C=O) groups excluding carboxylic acids is 2. The predicted molar refractivity (Wildman–Crippen MR) is 323 cm³/mol. The molecule has 8 aliphatic rings. The van der Waals surface area contributed by atoms with Gasteiger partial charge in [-0.1, -0.05) is 74.5 Å². The molecular weight excluding hydrogens is 1120 g/mol. The molecular formula is C64H111ClO16Si2. The minimum Gasteiger partial charge on any atom is -0.462 e. The van der Waals surface area contributed by atoms with Crippen LogP contribution in [0.5, 0.6) is 0 Å². The Morgan fingerprint density at radius 3 is 1.95 bits per heavy atom. The molecule has 0 saturated carbocycles. The normalized spacial score (nSPS) is 42.7. The zero-order chi connectivity index (χ0) is 60.7. The number of esters is 2. The molecule has 83 heavy (non-hydrogen) atoms. The van der Waals surface area contributed by atoms with Gasteiger partial charge >= 0.3 is 11.9 Å². The monoisotopic (exact) mass is 1230 g/mol. The Bertz CT molecular complexity index is 2190. The Labute approximate surface area is 506 Å². The molecule has 8 fully saturated rings. The molecule has 0 aromatic rings. The van der Waals surface area contributed by atoms with E-state index < -0.39 is 75.7 Å². The van der Waals surface area contributed by atoms with E-state index in [0.29, 0.717) is 64.2 Å². The van der Waals surface area contributed by atoms with Crippen LogP contribution < -0.4 is 0 Å². The Kier molecular flexibility index (Phi) is 21.9. The molecule has 0 radical (unpaired) electrons. The lowest BCUT2D eigenvalue weighted by atomic mass is 9.81. The van der Waals surface area contributed by atoms with Crippen molar-refractivity contribution in [1.29, 1.82) is 0 Å². The van der Waals surface area contributed by atoms with Crippen molar-refractivity contribution in [2.45, 2.75) is 343 Å². The van der Waals surface area contributed by atoms with E-state index in [4.69, 9.17) is 77.3 Å². The van der Waals surface area contributed by atoms with Gasteiger partial charge in [0.25, 0.3) is 0 Å². The molecule has 0 aliphatic carbocycles. The zero-order valence-corrected chi connectivity index (χ0v) is 57.1. The summed E-state index contributed by atoms with van der Waals surface area (Å²) in [4.78, 5) is 26.1. The quantitative estimate of drug-likeness (QED) is 0.0877. The van der Waals surface area contributed by atoms with E-state index >= 15 is 0 Å². The van der Waals surface area contributed by atoms with Crippen LogP contribution in [0, 0.1) is 17.8 Å². The maximum absolute atomic E-state index is 14.5. The first-order chi connectivity index (χ1) is 38.7. The van der Waals surface area contributed by atoms with Crippen LogP contribution in [-0.4, -0.2) is 157 Å². The molecule has 19 heteroatoms. The van der Waals surface area contributed by atoms with Gasteiger partial charge in [0.15, 0.2) is 39.8 Å². The van der Waals surface area contributed by atoms with Crippen LogP contribution in [0.15, 0.2) is 12.2 Å². The van der Waals surface area contributed by atoms with Crippen molar-refractivity contribution in [2.24, 2.45) is 17.8 Å². The SMILES string of the molecule is CO[C@H]1CC[C@]23CC[C@H](C)[C@@H](C[C@@H](O[Si](C)(C)C(C)(C)C)C[C@H](O[Si](C)(C)C(C)(C)C)C[C@@H]4CCC[C@H](CC(=O)O[C@H]5C[C@@]6(O[C@H]5C/C=C/COC(C)=O)O[C@]5(CC[C@@H]6C)C[C@@H](OC)[C@H](Cl)[C@@H](CC[C@H](C)[C@@H]6OC(C)(C)O[C@@H]6[C@H]1O2)O5)O4)O3. The summed E-state index contributed by atoms with van der Waals surface area (Å²) < 4.78 is 96.9. The van der Waals surface area contributed by atoms with E-state index in [0.717, 1.165) is 44.9 Å². The molecule has 0 unspecified atom stereocenters. The number of hydrogen-bond donors (Lipinski definition) is 0. The number of ether oxygens (including phenoxy) is 12. The van der Waals surface area contributed by atoms with E-state index in [1.807, 2.05) is 19.9 Å². The fraction of sp³-hybridized carbons (Fsp3) is 0.938. The minimum atomic E-state index is -2.34. The zero-order valence-electron chi connectivity index (χ0n) is 54.3. The number of fused-ring (bicyclic) bond motifs is 8. The maximum atomic E-state index is 14.5. The Morgan fingerprint density at radius 2 is 1.29 bits per heavy atom. The third kappa shape index (κ3) is 16.3. The lowest BCUT2D eigenvalue weighted by Crippen LogP contribution is -2.61. The molecule has 0 amide bonds. The second-order valence-electron chi connectivity index (χ2n) is 30.1. The summed E-state index contributed by atoms with van der Waals surface area (Å²) in [5.74, 6) is -4.48. The summed E-state index contributed by atoms with van der Waals surface area (Å²) in [6, 6.07) is 0. The molecule has 0 aromatic heterocycles. The van der Waals surface area contributed by atoms with E-state index in [1.165, 1.54) is 6.92 Å². The lowest BCUT2D eigenvalue weighted by Gasteiger charge is -2.54. The van der Waals surface area contributed by atoms with Gasteiger partial charge < -0.3 is 65.7 Å². The van der Waals surface area contributed by atoms with E-state index in [2.05, 4.69) is 88.5 Å². The molecule has 478 valence electrons. The lowest BCUT2D eigenvalue weighted by molar-refractivity contribution is -0.413. The predicted octanol–water partition coefficient (Wildman–Crippen LogP) is 13.4.